The van der Waals surface area contributed by atoms with Crippen molar-refractivity contribution in [1.29, 1.82) is 0 Å². The highest BCUT2D eigenvalue weighted by Crippen LogP contribution is 2.19. The Labute approximate surface area is 156 Å². The predicted molar refractivity (Wildman–Crippen MR) is 105 cm³/mol. The lowest BCUT2D eigenvalue weighted by Crippen LogP contribution is -2.22. The van der Waals surface area contributed by atoms with E-state index in [4.69, 9.17) is 4.74 Å². The third-order valence-corrected chi connectivity index (χ3v) is 5.89. The normalized spacial score (nSPS) is 12.8. The van der Waals surface area contributed by atoms with E-state index in [1.807, 2.05) is 36.4 Å². The molecule has 0 aromatic heterocycles. The molecular formula is C20H26N2O3S. The molecule has 0 spiro atoms. The minimum absolute atomic E-state index is 0.0998. The maximum Gasteiger partial charge on any atom is 0.242 e. The monoisotopic (exact) mass is 374 g/mol. The first-order valence-electron chi connectivity index (χ1n) is 8.43. The standard InChI is InChI=1S/C20H26N2O3S/c1-5-14-25-19-10-6-17(7-11-19)15-21-16(2)18-8-12-20(13-9-18)26(23,24)22(3)4/h5-13,16,21H,1,14-15H2,2-4H3. The molecule has 0 bridgehead atoms. The Morgan fingerprint density at radius 1 is 1.12 bits per heavy atom. The van der Waals surface area contributed by atoms with Crippen LogP contribution in [0.1, 0.15) is 24.1 Å². The number of benzene rings is 2. The Bertz CT molecular complexity index is 813. The summed E-state index contributed by atoms with van der Waals surface area (Å²) in [5.41, 5.74) is 2.18. The van der Waals surface area contributed by atoms with E-state index >= 15 is 0 Å². The molecule has 140 valence electrons. The Kier molecular flexibility index (Phi) is 6.97. The van der Waals surface area contributed by atoms with Gasteiger partial charge in [-0.05, 0) is 42.3 Å². The van der Waals surface area contributed by atoms with Gasteiger partial charge in [-0.25, -0.2) is 12.7 Å². The van der Waals surface area contributed by atoms with Crippen molar-refractivity contribution >= 4 is 10.0 Å². The lowest BCUT2D eigenvalue weighted by molar-refractivity contribution is 0.363. The zero-order valence-electron chi connectivity index (χ0n) is 15.5. The van der Waals surface area contributed by atoms with Gasteiger partial charge in [0.2, 0.25) is 10.0 Å². The second-order valence-corrected chi connectivity index (χ2v) is 8.35. The Morgan fingerprint density at radius 2 is 1.73 bits per heavy atom. The largest absolute Gasteiger partial charge is 0.490 e. The summed E-state index contributed by atoms with van der Waals surface area (Å²) in [6.07, 6.45) is 1.71. The van der Waals surface area contributed by atoms with Crippen LogP contribution in [0.2, 0.25) is 0 Å². The molecular weight excluding hydrogens is 348 g/mol. The van der Waals surface area contributed by atoms with Crippen LogP contribution in [0.5, 0.6) is 5.75 Å². The van der Waals surface area contributed by atoms with Gasteiger partial charge in [0.15, 0.2) is 0 Å². The topological polar surface area (TPSA) is 58.6 Å². The SMILES string of the molecule is C=CCOc1ccc(CNC(C)c2ccc(S(=O)(=O)N(C)C)cc2)cc1. The molecule has 5 nitrogen and oxygen atoms in total. The molecule has 0 aliphatic rings. The van der Waals surface area contributed by atoms with Gasteiger partial charge >= 0.3 is 0 Å². The molecule has 1 N–H and O–H groups in total. The average molecular weight is 375 g/mol. The lowest BCUT2D eigenvalue weighted by atomic mass is 10.1. The summed E-state index contributed by atoms with van der Waals surface area (Å²) < 4.78 is 30.9. The van der Waals surface area contributed by atoms with E-state index in [0.717, 1.165) is 16.9 Å². The highest BCUT2D eigenvalue weighted by Gasteiger charge is 2.17. The minimum Gasteiger partial charge on any atom is -0.490 e. The number of hydrogen-bond donors (Lipinski definition) is 1. The van der Waals surface area contributed by atoms with E-state index in [2.05, 4.69) is 18.8 Å². The molecule has 1 unspecified atom stereocenters. The Hall–Kier alpha value is -2.15. The molecule has 0 heterocycles. The summed E-state index contributed by atoms with van der Waals surface area (Å²) in [4.78, 5) is 0.300. The van der Waals surface area contributed by atoms with Gasteiger partial charge in [0, 0.05) is 26.7 Å². The first-order chi connectivity index (χ1) is 12.3. The first-order valence-corrected chi connectivity index (χ1v) is 9.87. The quantitative estimate of drug-likeness (QED) is 0.684. The number of nitrogens with one attached hydrogen (secondary N) is 1. The fourth-order valence-corrected chi connectivity index (χ4v) is 3.29. The van der Waals surface area contributed by atoms with Crippen molar-refractivity contribution in [3.63, 3.8) is 0 Å². The fourth-order valence-electron chi connectivity index (χ4n) is 2.39. The summed E-state index contributed by atoms with van der Waals surface area (Å²) in [5.74, 6) is 0.819. The molecule has 2 rings (SSSR count). The van der Waals surface area contributed by atoms with Gasteiger partial charge in [0.05, 0.1) is 4.90 Å². The van der Waals surface area contributed by atoms with Crippen molar-refractivity contribution < 1.29 is 13.2 Å². The zero-order valence-corrected chi connectivity index (χ0v) is 16.3. The molecule has 0 radical (unpaired) electrons. The second-order valence-electron chi connectivity index (χ2n) is 6.20. The average Bonchev–Trinajstić information content (AvgIpc) is 2.65. The number of ether oxygens (including phenoxy) is 1. The van der Waals surface area contributed by atoms with E-state index in [-0.39, 0.29) is 6.04 Å². The van der Waals surface area contributed by atoms with Gasteiger partial charge < -0.3 is 10.1 Å². The number of nitrogens with zero attached hydrogens (tertiary/aromatic N) is 1. The summed E-state index contributed by atoms with van der Waals surface area (Å²) in [7, 11) is -0.333. The summed E-state index contributed by atoms with van der Waals surface area (Å²) in [6, 6.07) is 15.0. The minimum atomic E-state index is -3.39. The van der Waals surface area contributed by atoms with Gasteiger partial charge in [-0.1, -0.05) is 36.9 Å². The second kappa shape index (κ2) is 8.98. The summed E-state index contributed by atoms with van der Waals surface area (Å²) in [6.45, 7) is 6.88. The molecule has 1 atom stereocenters. The van der Waals surface area contributed by atoms with Crippen LogP contribution in [0.4, 0.5) is 0 Å². The molecule has 0 saturated heterocycles. The van der Waals surface area contributed by atoms with Crippen molar-refractivity contribution in [2.45, 2.75) is 24.4 Å². The maximum atomic E-state index is 12.1. The van der Waals surface area contributed by atoms with Crippen LogP contribution in [0.3, 0.4) is 0 Å². The first kappa shape index (κ1) is 20.2. The molecule has 0 aliphatic carbocycles. The van der Waals surface area contributed by atoms with Crippen LogP contribution in [0, 0.1) is 0 Å². The van der Waals surface area contributed by atoms with Crippen LogP contribution >= 0.6 is 0 Å². The molecule has 2 aromatic rings. The number of sulfonamides is 1. The van der Waals surface area contributed by atoms with Crippen LogP contribution in [-0.4, -0.2) is 33.4 Å². The van der Waals surface area contributed by atoms with Crippen molar-refractivity contribution in [3.8, 4) is 5.75 Å². The highest BCUT2D eigenvalue weighted by atomic mass is 32.2. The fraction of sp³-hybridized carbons (Fsp3) is 0.300. The Morgan fingerprint density at radius 3 is 2.27 bits per heavy atom. The molecule has 0 aliphatic heterocycles. The van der Waals surface area contributed by atoms with Crippen molar-refractivity contribution in [3.05, 3.63) is 72.3 Å². The van der Waals surface area contributed by atoms with E-state index < -0.39 is 10.0 Å². The van der Waals surface area contributed by atoms with Gasteiger partial charge in [-0.3, -0.25) is 0 Å². The zero-order chi connectivity index (χ0) is 19.2. The van der Waals surface area contributed by atoms with Crippen LogP contribution in [-0.2, 0) is 16.6 Å². The van der Waals surface area contributed by atoms with Crippen molar-refractivity contribution in [2.75, 3.05) is 20.7 Å². The molecule has 6 heteroatoms. The van der Waals surface area contributed by atoms with Crippen LogP contribution in [0.25, 0.3) is 0 Å². The molecule has 0 fully saturated rings. The third-order valence-electron chi connectivity index (χ3n) is 4.06. The van der Waals surface area contributed by atoms with Gasteiger partial charge in [0.1, 0.15) is 12.4 Å². The van der Waals surface area contributed by atoms with E-state index in [1.54, 1.807) is 18.2 Å². The third kappa shape index (κ3) is 5.17. The van der Waals surface area contributed by atoms with Crippen LogP contribution in [0.15, 0.2) is 66.1 Å². The molecule has 26 heavy (non-hydrogen) atoms. The summed E-state index contributed by atoms with van der Waals surface area (Å²) in [5, 5.41) is 3.44. The number of hydrogen-bond acceptors (Lipinski definition) is 4. The molecule has 2 aromatic carbocycles. The highest BCUT2D eigenvalue weighted by molar-refractivity contribution is 7.89. The van der Waals surface area contributed by atoms with Gasteiger partial charge in [-0.15, -0.1) is 0 Å². The predicted octanol–water partition coefficient (Wildman–Crippen LogP) is 3.35. The smallest absolute Gasteiger partial charge is 0.242 e. The molecule has 0 saturated carbocycles. The Balaban J connectivity index is 1.95. The molecule has 0 amide bonds. The van der Waals surface area contributed by atoms with Crippen LogP contribution < -0.4 is 10.1 Å². The maximum absolute atomic E-state index is 12.1. The van der Waals surface area contributed by atoms with Gasteiger partial charge in [0.25, 0.3) is 0 Å². The van der Waals surface area contributed by atoms with Gasteiger partial charge in [-0.2, -0.15) is 0 Å². The van der Waals surface area contributed by atoms with E-state index in [9.17, 15) is 8.42 Å². The summed E-state index contributed by atoms with van der Waals surface area (Å²) >= 11 is 0. The van der Waals surface area contributed by atoms with Crippen molar-refractivity contribution in [1.82, 2.24) is 9.62 Å². The number of rotatable bonds is 9. The lowest BCUT2D eigenvalue weighted by Gasteiger charge is -2.16. The van der Waals surface area contributed by atoms with E-state index in [1.165, 1.54) is 18.4 Å². The van der Waals surface area contributed by atoms with Crippen molar-refractivity contribution in [2.24, 2.45) is 0 Å². The van der Waals surface area contributed by atoms with E-state index in [0.29, 0.717) is 18.0 Å².